The number of carbonyl (C=O) groups excluding carboxylic acids is 2. The topological polar surface area (TPSA) is 43.4 Å². The van der Waals surface area contributed by atoms with Crippen LogP contribution in [0.15, 0.2) is 0 Å². The molecule has 0 aromatic heterocycles. The Kier molecular flexibility index (Phi) is 9.78. The average molecular weight is 242 g/mol. The second-order valence-electron chi connectivity index (χ2n) is 4.56. The zero-order chi connectivity index (χ0) is 13.1. The van der Waals surface area contributed by atoms with Crippen LogP contribution in [0.1, 0.15) is 65.2 Å². The van der Waals surface area contributed by atoms with E-state index in [1.807, 2.05) is 0 Å². The number of unbranched alkanes of at least 4 members (excludes halogenated alkanes) is 3. The van der Waals surface area contributed by atoms with E-state index in [0.717, 1.165) is 38.5 Å². The van der Waals surface area contributed by atoms with E-state index >= 15 is 0 Å². The molecule has 0 aliphatic heterocycles. The maximum absolute atomic E-state index is 11.7. The van der Waals surface area contributed by atoms with Gasteiger partial charge in [0, 0.05) is 12.8 Å². The Bertz CT molecular complexity index is 224. The molecule has 0 aromatic rings. The zero-order valence-corrected chi connectivity index (χ0v) is 11.5. The highest BCUT2D eigenvalue weighted by Gasteiger charge is 2.21. The maximum Gasteiger partial charge on any atom is 0.309 e. The summed E-state index contributed by atoms with van der Waals surface area (Å²) < 4.78 is 4.74. The fourth-order valence-electron chi connectivity index (χ4n) is 1.87. The van der Waals surface area contributed by atoms with E-state index in [9.17, 15) is 9.59 Å². The van der Waals surface area contributed by atoms with Gasteiger partial charge in [0.05, 0.1) is 13.0 Å². The van der Waals surface area contributed by atoms with E-state index in [1.165, 1.54) is 7.11 Å². The number of ether oxygens (including phenoxy) is 1. The summed E-state index contributed by atoms with van der Waals surface area (Å²) >= 11 is 0. The fraction of sp³-hybridized carbons (Fsp3) is 0.857. The molecule has 3 heteroatoms. The van der Waals surface area contributed by atoms with Crippen LogP contribution in [0.5, 0.6) is 0 Å². The van der Waals surface area contributed by atoms with Gasteiger partial charge in [0.2, 0.25) is 0 Å². The molecule has 0 aliphatic carbocycles. The van der Waals surface area contributed by atoms with Crippen LogP contribution in [-0.2, 0) is 14.3 Å². The zero-order valence-electron chi connectivity index (χ0n) is 11.5. The van der Waals surface area contributed by atoms with Gasteiger partial charge in [-0.3, -0.25) is 9.59 Å². The van der Waals surface area contributed by atoms with E-state index in [4.69, 9.17) is 4.74 Å². The van der Waals surface area contributed by atoms with Crippen LogP contribution < -0.4 is 0 Å². The standard InChI is InChI=1S/C14H26O3/c1-4-6-8-10-13(15)11-12(9-7-5-2)14(16)17-3/h12H,4-11H2,1-3H3. The Labute approximate surface area is 105 Å². The summed E-state index contributed by atoms with van der Waals surface area (Å²) in [5, 5.41) is 0. The van der Waals surface area contributed by atoms with Crippen LogP contribution in [0.4, 0.5) is 0 Å². The summed E-state index contributed by atoms with van der Waals surface area (Å²) in [6, 6.07) is 0. The van der Waals surface area contributed by atoms with Gasteiger partial charge in [0.15, 0.2) is 0 Å². The van der Waals surface area contributed by atoms with E-state index < -0.39 is 0 Å². The normalized spacial score (nSPS) is 12.2. The van der Waals surface area contributed by atoms with Gasteiger partial charge < -0.3 is 4.74 Å². The molecule has 0 saturated carbocycles. The third-order valence-corrected chi connectivity index (χ3v) is 2.97. The smallest absolute Gasteiger partial charge is 0.309 e. The molecule has 0 amide bonds. The highest BCUT2D eigenvalue weighted by atomic mass is 16.5. The molecule has 0 saturated heterocycles. The van der Waals surface area contributed by atoms with Crippen molar-refractivity contribution >= 4 is 11.8 Å². The lowest BCUT2D eigenvalue weighted by molar-refractivity contribution is -0.147. The Morgan fingerprint density at radius 2 is 1.71 bits per heavy atom. The maximum atomic E-state index is 11.7. The van der Waals surface area contributed by atoms with E-state index in [2.05, 4.69) is 13.8 Å². The Hall–Kier alpha value is -0.860. The molecule has 0 N–H and O–H groups in total. The molecular weight excluding hydrogens is 216 g/mol. The van der Waals surface area contributed by atoms with Crippen molar-refractivity contribution < 1.29 is 14.3 Å². The molecule has 0 aliphatic rings. The minimum absolute atomic E-state index is 0.199. The van der Waals surface area contributed by atoms with E-state index in [0.29, 0.717) is 12.8 Å². The number of esters is 1. The molecule has 100 valence electrons. The van der Waals surface area contributed by atoms with Gasteiger partial charge in [-0.15, -0.1) is 0 Å². The van der Waals surface area contributed by atoms with Crippen molar-refractivity contribution in [2.75, 3.05) is 7.11 Å². The molecule has 0 bridgehead atoms. The Morgan fingerprint density at radius 1 is 1.06 bits per heavy atom. The number of ketones is 1. The SMILES string of the molecule is CCCCCC(=O)CC(CCCC)C(=O)OC. The van der Waals surface area contributed by atoms with Gasteiger partial charge in [-0.25, -0.2) is 0 Å². The second kappa shape index (κ2) is 10.3. The molecule has 1 atom stereocenters. The van der Waals surface area contributed by atoms with Gasteiger partial charge in [-0.2, -0.15) is 0 Å². The van der Waals surface area contributed by atoms with Crippen LogP contribution in [-0.4, -0.2) is 18.9 Å². The average Bonchev–Trinajstić information content (AvgIpc) is 2.33. The number of methoxy groups -OCH3 is 1. The molecule has 0 aromatic carbocycles. The largest absolute Gasteiger partial charge is 0.469 e. The monoisotopic (exact) mass is 242 g/mol. The fourth-order valence-corrected chi connectivity index (χ4v) is 1.87. The first-order valence-corrected chi connectivity index (χ1v) is 6.75. The molecule has 0 rings (SSSR count). The quantitative estimate of drug-likeness (QED) is 0.435. The van der Waals surface area contributed by atoms with Crippen molar-refractivity contribution in [2.45, 2.75) is 65.2 Å². The van der Waals surface area contributed by atoms with Crippen molar-refractivity contribution in [3.05, 3.63) is 0 Å². The Morgan fingerprint density at radius 3 is 2.24 bits per heavy atom. The first-order valence-electron chi connectivity index (χ1n) is 6.75. The summed E-state index contributed by atoms with van der Waals surface area (Å²) in [5.74, 6) is -0.263. The van der Waals surface area contributed by atoms with Crippen molar-refractivity contribution in [3.63, 3.8) is 0 Å². The molecule has 0 radical (unpaired) electrons. The molecule has 0 heterocycles. The summed E-state index contributed by atoms with van der Waals surface area (Å²) in [7, 11) is 1.39. The third kappa shape index (κ3) is 7.94. The van der Waals surface area contributed by atoms with Gasteiger partial charge in [-0.05, 0) is 12.8 Å². The van der Waals surface area contributed by atoms with Gasteiger partial charge in [0.1, 0.15) is 5.78 Å². The molecule has 0 spiro atoms. The summed E-state index contributed by atoms with van der Waals surface area (Å²) in [6.07, 6.45) is 6.89. The van der Waals surface area contributed by atoms with Crippen molar-refractivity contribution in [1.82, 2.24) is 0 Å². The number of hydrogen-bond donors (Lipinski definition) is 0. The second-order valence-corrected chi connectivity index (χ2v) is 4.56. The van der Waals surface area contributed by atoms with Crippen LogP contribution in [0.25, 0.3) is 0 Å². The van der Waals surface area contributed by atoms with Crippen LogP contribution in [0.2, 0.25) is 0 Å². The summed E-state index contributed by atoms with van der Waals surface area (Å²) in [4.78, 5) is 23.2. The first-order chi connectivity index (χ1) is 8.15. The van der Waals surface area contributed by atoms with Crippen LogP contribution >= 0.6 is 0 Å². The van der Waals surface area contributed by atoms with E-state index in [-0.39, 0.29) is 17.7 Å². The van der Waals surface area contributed by atoms with Gasteiger partial charge >= 0.3 is 5.97 Å². The van der Waals surface area contributed by atoms with Crippen LogP contribution in [0.3, 0.4) is 0 Å². The molecule has 3 nitrogen and oxygen atoms in total. The van der Waals surface area contributed by atoms with Gasteiger partial charge in [-0.1, -0.05) is 39.5 Å². The molecule has 0 fully saturated rings. The predicted octanol–water partition coefficient (Wildman–Crippen LogP) is 3.51. The summed E-state index contributed by atoms with van der Waals surface area (Å²) in [5.41, 5.74) is 0. The molecule has 17 heavy (non-hydrogen) atoms. The van der Waals surface area contributed by atoms with Crippen molar-refractivity contribution in [1.29, 1.82) is 0 Å². The van der Waals surface area contributed by atoms with Crippen molar-refractivity contribution in [2.24, 2.45) is 5.92 Å². The van der Waals surface area contributed by atoms with Crippen molar-refractivity contribution in [3.8, 4) is 0 Å². The predicted molar refractivity (Wildman–Crippen MR) is 68.8 cm³/mol. The molecular formula is C14H26O3. The highest BCUT2D eigenvalue weighted by molar-refractivity contribution is 5.84. The van der Waals surface area contributed by atoms with E-state index in [1.54, 1.807) is 0 Å². The highest BCUT2D eigenvalue weighted by Crippen LogP contribution is 2.17. The third-order valence-electron chi connectivity index (χ3n) is 2.97. The number of Topliss-reactive ketones (excluding diaryl/α,β-unsaturated/α-hetero) is 1. The number of rotatable bonds is 10. The molecule has 1 unspecified atom stereocenters. The van der Waals surface area contributed by atoms with Gasteiger partial charge in [0.25, 0.3) is 0 Å². The minimum Gasteiger partial charge on any atom is -0.469 e. The first kappa shape index (κ1) is 16.1. The lowest BCUT2D eigenvalue weighted by Gasteiger charge is -2.13. The lowest BCUT2D eigenvalue weighted by atomic mass is 9.94. The number of hydrogen-bond acceptors (Lipinski definition) is 3. The lowest BCUT2D eigenvalue weighted by Crippen LogP contribution is -2.20. The minimum atomic E-state index is -0.234. The number of carbonyl (C=O) groups is 2. The van der Waals surface area contributed by atoms with Crippen LogP contribution in [0, 0.1) is 5.92 Å². The Balaban J connectivity index is 4.03. The summed E-state index contributed by atoms with van der Waals surface area (Å²) in [6.45, 7) is 4.19.